The molecule has 0 bridgehead atoms. The third-order valence-corrected chi connectivity index (χ3v) is 4.04. The van der Waals surface area contributed by atoms with Gasteiger partial charge in [-0.15, -0.1) is 0 Å². The lowest BCUT2D eigenvalue weighted by Gasteiger charge is -2.18. The van der Waals surface area contributed by atoms with E-state index in [0.717, 1.165) is 10.5 Å². The van der Waals surface area contributed by atoms with Gasteiger partial charge in [0, 0.05) is 6.42 Å². The molecule has 1 heterocycles. The van der Waals surface area contributed by atoms with Gasteiger partial charge < -0.3 is 20.0 Å². The number of carbonyl (C=O) groups excluding carboxylic acids is 3. The summed E-state index contributed by atoms with van der Waals surface area (Å²) < 4.78 is 5.50. The lowest BCUT2D eigenvalue weighted by atomic mass is 10.1. The first-order valence-corrected chi connectivity index (χ1v) is 8.41. The SMILES string of the molecule is CCC1NC(=O)N(CC(O)COc2ccc(CCC(C)=O)cc2)C1=O. The minimum atomic E-state index is -0.970. The van der Waals surface area contributed by atoms with Gasteiger partial charge in [-0.25, -0.2) is 4.79 Å². The summed E-state index contributed by atoms with van der Waals surface area (Å²) >= 11 is 0. The average molecular weight is 348 g/mol. The molecule has 7 nitrogen and oxygen atoms in total. The maximum Gasteiger partial charge on any atom is 0.324 e. The predicted octanol–water partition coefficient (Wildman–Crippen LogP) is 1.28. The maximum atomic E-state index is 12.0. The van der Waals surface area contributed by atoms with E-state index in [1.165, 1.54) is 0 Å². The molecule has 7 heteroatoms. The Bertz CT molecular complexity index is 629. The van der Waals surface area contributed by atoms with E-state index in [1.807, 2.05) is 19.1 Å². The minimum Gasteiger partial charge on any atom is -0.491 e. The molecule has 0 spiro atoms. The minimum absolute atomic E-state index is 0.0271. The van der Waals surface area contributed by atoms with E-state index in [9.17, 15) is 19.5 Å². The molecule has 2 unspecified atom stereocenters. The van der Waals surface area contributed by atoms with Crippen LogP contribution in [0, 0.1) is 0 Å². The number of nitrogens with zero attached hydrogens (tertiary/aromatic N) is 1. The Morgan fingerprint density at radius 1 is 1.32 bits per heavy atom. The van der Waals surface area contributed by atoms with Gasteiger partial charge in [0.05, 0.1) is 6.54 Å². The highest BCUT2D eigenvalue weighted by atomic mass is 16.5. The van der Waals surface area contributed by atoms with Crippen molar-refractivity contribution in [2.45, 2.75) is 45.3 Å². The third kappa shape index (κ3) is 5.29. The lowest BCUT2D eigenvalue weighted by molar-refractivity contribution is -0.128. The molecule has 1 aliphatic heterocycles. The zero-order valence-electron chi connectivity index (χ0n) is 14.5. The summed E-state index contributed by atoms with van der Waals surface area (Å²) in [5.41, 5.74) is 1.04. The van der Waals surface area contributed by atoms with E-state index in [4.69, 9.17) is 4.74 Å². The third-order valence-electron chi connectivity index (χ3n) is 4.04. The van der Waals surface area contributed by atoms with Crippen LogP contribution < -0.4 is 10.1 Å². The molecular weight excluding hydrogens is 324 g/mol. The van der Waals surface area contributed by atoms with Crippen molar-refractivity contribution in [3.8, 4) is 5.75 Å². The number of urea groups is 1. The number of aliphatic hydroxyl groups is 1. The Balaban J connectivity index is 1.80. The van der Waals surface area contributed by atoms with Gasteiger partial charge in [-0.1, -0.05) is 19.1 Å². The molecule has 3 amide bonds. The first-order valence-electron chi connectivity index (χ1n) is 8.41. The Morgan fingerprint density at radius 3 is 2.56 bits per heavy atom. The van der Waals surface area contributed by atoms with Gasteiger partial charge in [-0.2, -0.15) is 0 Å². The number of aryl methyl sites for hydroxylation is 1. The lowest BCUT2D eigenvalue weighted by Crippen LogP contribution is -2.40. The van der Waals surface area contributed by atoms with Gasteiger partial charge in [0.25, 0.3) is 5.91 Å². The number of imide groups is 1. The molecule has 1 aromatic carbocycles. The highest BCUT2D eigenvalue weighted by Gasteiger charge is 2.37. The number of hydrogen-bond donors (Lipinski definition) is 2. The second-order valence-corrected chi connectivity index (χ2v) is 6.17. The van der Waals surface area contributed by atoms with Gasteiger partial charge in [0.15, 0.2) is 0 Å². The monoisotopic (exact) mass is 348 g/mol. The van der Waals surface area contributed by atoms with Gasteiger partial charge in [0.1, 0.15) is 30.3 Å². The Kier molecular flexibility index (Phi) is 6.52. The van der Waals surface area contributed by atoms with Crippen LogP contribution in [0.1, 0.15) is 32.3 Å². The van der Waals surface area contributed by atoms with Crippen molar-refractivity contribution in [3.05, 3.63) is 29.8 Å². The van der Waals surface area contributed by atoms with Crippen LogP contribution in [0.2, 0.25) is 0 Å². The summed E-state index contributed by atoms with van der Waals surface area (Å²) in [5, 5.41) is 12.6. The number of carbonyl (C=O) groups is 3. The molecule has 0 radical (unpaired) electrons. The first-order chi connectivity index (χ1) is 11.9. The fraction of sp³-hybridized carbons (Fsp3) is 0.500. The molecule has 25 heavy (non-hydrogen) atoms. The number of Topliss-reactive ketones (excluding diaryl/α,β-unsaturated/α-hetero) is 1. The largest absolute Gasteiger partial charge is 0.491 e. The van der Waals surface area contributed by atoms with E-state index >= 15 is 0 Å². The normalized spacial score (nSPS) is 18.2. The number of nitrogens with one attached hydrogen (secondary N) is 1. The van der Waals surface area contributed by atoms with Gasteiger partial charge in [-0.05, 0) is 37.5 Å². The molecular formula is C18H24N2O5. The topological polar surface area (TPSA) is 95.9 Å². The second-order valence-electron chi connectivity index (χ2n) is 6.17. The Labute approximate surface area is 147 Å². The average Bonchev–Trinajstić information content (AvgIpc) is 2.86. The zero-order valence-corrected chi connectivity index (χ0v) is 14.5. The first kappa shape index (κ1) is 18.9. The number of ketones is 1. The molecule has 1 aliphatic rings. The van der Waals surface area contributed by atoms with Crippen molar-refractivity contribution in [1.29, 1.82) is 0 Å². The van der Waals surface area contributed by atoms with Crippen molar-refractivity contribution in [2.24, 2.45) is 0 Å². The molecule has 2 N–H and O–H groups in total. The van der Waals surface area contributed by atoms with Gasteiger partial charge >= 0.3 is 6.03 Å². The highest BCUT2D eigenvalue weighted by molar-refractivity contribution is 6.04. The van der Waals surface area contributed by atoms with Crippen LogP contribution in [0.15, 0.2) is 24.3 Å². The van der Waals surface area contributed by atoms with Crippen molar-refractivity contribution in [2.75, 3.05) is 13.2 Å². The van der Waals surface area contributed by atoms with Crippen LogP contribution in [0.25, 0.3) is 0 Å². The Morgan fingerprint density at radius 2 is 2.00 bits per heavy atom. The molecule has 0 aliphatic carbocycles. The van der Waals surface area contributed by atoms with Crippen LogP contribution in [-0.4, -0.2) is 53.0 Å². The van der Waals surface area contributed by atoms with E-state index < -0.39 is 18.2 Å². The quantitative estimate of drug-likeness (QED) is 0.656. The summed E-state index contributed by atoms with van der Waals surface area (Å²) in [6.07, 6.45) is 0.735. The van der Waals surface area contributed by atoms with Crippen molar-refractivity contribution in [3.63, 3.8) is 0 Å². The number of rotatable bonds is 9. The number of ether oxygens (including phenoxy) is 1. The van der Waals surface area contributed by atoms with Crippen LogP contribution >= 0.6 is 0 Å². The van der Waals surface area contributed by atoms with Crippen molar-refractivity contribution >= 4 is 17.7 Å². The van der Waals surface area contributed by atoms with Gasteiger partial charge in [0.2, 0.25) is 0 Å². The molecule has 0 aromatic heterocycles. The second kappa shape index (κ2) is 8.62. The molecule has 2 atom stereocenters. The Hall–Kier alpha value is -2.41. The van der Waals surface area contributed by atoms with Gasteiger partial charge in [-0.3, -0.25) is 9.69 Å². The van der Waals surface area contributed by atoms with Crippen LogP contribution in [0.3, 0.4) is 0 Å². The fourth-order valence-electron chi connectivity index (χ4n) is 2.56. The summed E-state index contributed by atoms with van der Waals surface area (Å²) in [7, 11) is 0. The number of β-amino-alcohol motifs (C(OH)–C–C–N with tert-alkyl or cyclic N) is 1. The standard InChI is InChI=1S/C18H24N2O5/c1-3-16-17(23)20(18(24)19-16)10-14(22)11-25-15-8-6-13(7-9-15)5-4-12(2)21/h6-9,14,16,22H,3-5,10-11H2,1-2H3,(H,19,24). The molecule has 1 fully saturated rings. The van der Waals surface area contributed by atoms with Crippen molar-refractivity contribution < 1.29 is 24.2 Å². The number of benzene rings is 1. The predicted molar refractivity (Wildman–Crippen MR) is 91.3 cm³/mol. The van der Waals surface area contributed by atoms with Crippen molar-refractivity contribution in [1.82, 2.24) is 10.2 Å². The summed E-state index contributed by atoms with van der Waals surface area (Å²) in [4.78, 5) is 35.7. The molecule has 0 saturated carbocycles. The smallest absolute Gasteiger partial charge is 0.324 e. The number of amides is 3. The van der Waals surface area contributed by atoms with Crippen LogP contribution in [0.4, 0.5) is 4.79 Å². The molecule has 1 saturated heterocycles. The number of aliphatic hydroxyl groups excluding tert-OH is 1. The van der Waals surface area contributed by atoms with E-state index in [0.29, 0.717) is 25.0 Å². The summed E-state index contributed by atoms with van der Waals surface area (Å²) in [6.45, 7) is 3.25. The molecule has 2 rings (SSSR count). The zero-order chi connectivity index (χ0) is 18.4. The fourth-order valence-corrected chi connectivity index (χ4v) is 2.56. The molecule has 1 aromatic rings. The highest BCUT2D eigenvalue weighted by Crippen LogP contribution is 2.15. The van der Waals surface area contributed by atoms with E-state index in [-0.39, 0.29) is 24.8 Å². The van der Waals surface area contributed by atoms with E-state index in [2.05, 4.69) is 5.32 Å². The molecule has 136 valence electrons. The summed E-state index contributed by atoms with van der Waals surface area (Å²) in [5.74, 6) is 0.407. The maximum absolute atomic E-state index is 12.0. The van der Waals surface area contributed by atoms with Crippen LogP contribution in [-0.2, 0) is 16.0 Å². The van der Waals surface area contributed by atoms with Crippen LogP contribution in [0.5, 0.6) is 5.75 Å². The summed E-state index contributed by atoms with van der Waals surface area (Å²) in [6, 6.07) is 6.28. The number of hydrogen-bond acceptors (Lipinski definition) is 5. The van der Waals surface area contributed by atoms with E-state index in [1.54, 1.807) is 19.1 Å².